The molecule has 0 spiro atoms. The Kier molecular flexibility index (Phi) is 5.91. The normalized spacial score (nSPS) is 11.6. The molecule has 134 valence electrons. The Morgan fingerprint density at radius 2 is 2.00 bits per heavy atom. The van der Waals surface area contributed by atoms with Gasteiger partial charge in [-0.15, -0.1) is 0 Å². The Hall–Kier alpha value is -1.84. The standard InChI is InChI=1S/C15H17ClN4O3S2/c1-8(2)25(22,23)10-6-4-5-9(7-10)18-14-11(13(17)21)12(16)19-15(20-14)24-3/h4-8H,1-3H3,(H2,17,21)(H,18,19,20). The van der Waals surface area contributed by atoms with E-state index in [1.54, 1.807) is 32.2 Å². The number of primary amides is 1. The highest BCUT2D eigenvalue weighted by Crippen LogP contribution is 2.28. The first-order valence-corrected chi connectivity index (χ1v) is 10.3. The maximum atomic E-state index is 12.3. The van der Waals surface area contributed by atoms with Crippen LogP contribution in [-0.2, 0) is 9.84 Å². The van der Waals surface area contributed by atoms with E-state index < -0.39 is 21.0 Å². The quantitative estimate of drug-likeness (QED) is 0.435. The van der Waals surface area contributed by atoms with Crippen LogP contribution in [0.4, 0.5) is 11.5 Å². The van der Waals surface area contributed by atoms with E-state index >= 15 is 0 Å². The number of rotatable bonds is 6. The minimum absolute atomic E-state index is 0.0587. The fraction of sp³-hybridized carbons (Fsp3) is 0.267. The van der Waals surface area contributed by atoms with Gasteiger partial charge in [0.1, 0.15) is 16.5 Å². The number of carbonyl (C=O) groups excluding carboxylic acids is 1. The largest absolute Gasteiger partial charge is 0.365 e. The number of benzene rings is 1. The number of nitrogens with zero attached hydrogens (tertiary/aromatic N) is 2. The van der Waals surface area contributed by atoms with E-state index in [1.807, 2.05) is 0 Å². The molecule has 3 N–H and O–H groups in total. The highest BCUT2D eigenvalue weighted by atomic mass is 35.5. The lowest BCUT2D eigenvalue weighted by Crippen LogP contribution is -2.17. The number of nitrogens with two attached hydrogens (primary N) is 1. The molecule has 1 heterocycles. The van der Waals surface area contributed by atoms with Crippen molar-refractivity contribution >= 4 is 50.6 Å². The Bertz CT molecular complexity index is 917. The van der Waals surface area contributed by atoms with E-state index in [4.69, 9.17) is 17.3 Å². The first kappa shape index (κ1) is 19.5. The Labute approximate surface area is 155 Å². The maximum absolute atomic E-state index is 12.3. The molecule has 0 aliphatic rings. The van der Waals surface area contributed by atoms with Gasteiger partial charge in [-0.2, -0.15) is 0 Å². The molecule has 0 radical (unpaired) electrons. The summed E-state index contributed by atoms with van der Waals surface area (Å²) < 4.78 is 24.6. The molecule has 7 nitrogen and oxygen atoms in total. The molecule has 1 aromatic carbocycles. The number of nitrogens with one attached hydrogen (secondary N) is 1. The topological polar surface area (TPSA) is 115 Å². The monoisotopic (exact) mass is 400 g/mol. The number of amides is 1. The molecule has 0 bridgehead atoms. The Morgan fingerprint density at radius 3 is 2.56 bits per heavy atom. The van der Waals surface area contributed by atoms with Gasteiger partial charge < -0.3 is 11.1 Å². The van der Waals surface area contributed by atoms with Crippen molar-refractivity contribution in [2.75, 3.05) is 11.6 Å². The number of hydrogen-bond donors (Lipinski definition) is 2. The smallest absolute Gasteiger partial charge is 0.255 e. The second kappa shape index (κ2) is 7.59. The molecule has 0 saturated heterocycles. The third kappa shape index (κ3) is 4.23. The Balaban J connectivity index is 2.51. The molecular formula is C15H17ClN4O3S2. The summed E-state index contributed by atoms with van der Waals surface area (Å²) >= 11 is 7.26. The van der Waals surface area contributed by atoms with Crippen molar-refractivity contribution in [1.29, 1.82) is 0 Å². The van der Waals surface area contributed by atoms with Crippen LogP contribution in [0.1, 0.15) is 24.2 Å². The van der Waals surface area contributed by atoms with E-state index in [0.29, 0.717) is 10.8 Å². The third-order valence-corrected chi connectivity index (χ3v) is 6.29. The zero-order chi connectivity index (χ0) is 18.8. The number of carbonyl (C=O) groups is 1. The number of thioether (sulfide) groups is 1. The molecule has 2 aromatic rings. The van der Waals surface area contributed by atoms with Crippen molar-refractivity contribution in [3.63, 3.8) is 0 Å². The van der Waals surface area contributed by atoms with Crippen LogP contribution in [0, 0.1) is 0 Å². The van der Waals surface area contributed by atoms with Gasteiger partial charge in [-0.1, -0.05) is 29.4 Å². The number of sulfone groups is 1. The van der Waals surface area contributed by atoms with Gasteiger partial charge in [-0.05, 0) is 38.3 Å². The minimum atomic E-state index is -3.43. The molecule has 0 aliphatic heterocycles. The van der Waals surface area contributed by atoms with Gasteiger partial charge in [0.25, 0.3) is 5.91 Å². The van der Waals surface area contributed by atoms with Crippen molar-refractivity contribution in [2.24, 2.45) is 5.73 Å². The molecule has 10 heteroatoms. The SMILES string of the molecule is CSc1nc(Cl)c(C(N)=O)c(Nc2cccc(S(=O)(=O)C(C)C)c2)n1. The van der Waals surface area contributed by atoms with E-state index in [1.165, 1.54) is 23.9 Å². The molecular weight excluding hydrogens is 384 g/mol. The van der Waals surface area contributed by atoms with Crippen LogP contribution in [0.3, 0.4) is 0 Å². The molecule has 0 unspecified atom stereocenters. The van der Waals surface area contributed by atoms with E-state index in [0.717, 1.165) is 0 Å². The lowest BCUT2D eigenvalue weighted by Gasteiger charge is -2.13. The summed E-state index contributed by atoms with van der Waals surface area (Å²) in [6.45, 7) is 3.21. The number of hydrogen-bond acceptors (Lipinski definition) is 7. The van der Waals surface area contributed by atoms with Crippen molar-refractivity contribution in [3.05, 3.63) is 35.0 Å². The second-order valence-corrected chi connectivity index (χ2v) is 8.97. The van der Waals surface area contributed by atoms with Gasteiger partial charge in [0, 0.05) is 5.69 Å². The van der Waals surface area contributed by atoms with E-state index in [9.17, 15) is 13.2 Å². The first-order valence-electron chi connectivity index (χ1n) is 7.19. The van der Waals surface area contributed by atoms with Crippen molar-refractivity contribution < 1.29 is 13.2 Å². The molecule has 0 fully saturated rings. The third-order valence-electron chi connectivity index (χ3n) is 3.32. The van der Waals surface area contributed by atoms with Crippen LogP contribution >= 0.6 is 23.4 Å². The van der Waals surface area contributed by atoms with Gasteiger partial charge in [-0.25, -0.2) is 18.4 Å². The van der Waals surface area contributed by atoms with Crippen molar-refractivity contribution in [1.82, 2.24) is 9.97 Å². The summed E-state index contributed by atoms with van der Waals surface area (Å²) in [5.41, 5.74) is 5.73. The van der Waals surface area contributed by atoms with Crippen LogP contribution < -0.4 is 11.1 Å². The van der Waals surface area contributed by atoms with E-state index in [-0.39, 0.29) is 21.4 Å². The fourth-order valence-electron chi connectivity index (χ4n) is 1.97. The van der Waals surface area contributed by atoms with Crippen LogP contribution in [0.2, 0.25) is 5.15 Å². The molecule has 25 heavy (non-hydrogen) atoms. The van der Waals surface area contributed by atoms with Gasteiger partial charge in [0.05, 0.1) is 10.1 Å². The molecule has 2 rings (SSSR count). The van der Waals surface area contributed by atoms with Crippen LogP contribution in [0.25, 0.3) is 0 Å². The summed E-state index contributed by atoms with van der Waals surface area (Å²) in [5.74, 6) is -0.665. The predicted octanol–water partition coefficient (Wildman–Crippen LogP) is 2.88. The van der Waals surface area contributed by atoms with Gasteiger partial charge in [-0.3, -0.25) is 4.79 Å². The molecule has 1 amide bonds. The summed E-state index contributed by atoms with van der Waals surface area (Å²) in [6.07, 6.45) is 1.76. The summed E-state index contributed by atoms with van der Waals surface area (Å²) in [6, 6.07) is 6.23. The zero-order valence-corrected chi connectivity index (χ0v) is 16.2. The molecule has 0 atom stereocenters. The average Bonchev–Trinajstić information content (AvgIpc) is 2.54. The highest BCUT2D eigenvalue weighted by molar-refractivity contribution is 7.98. The predicted molar refractivity (Wildman–Crippen MR) is 99.4 cm³/mol. The number of aromatic nitrogens is 2. The molecule has 0 aliphatic carbocycles. The van der Waals surface area contributed by atoms with E-state index in [2.05, 4.69) is 15.3 Å². The van der Waals surface area contributed by atoms with Gasteiger partial charge >= 0.3 is 0 Å². The fourth-order valence-corrected chi connectivity index (χ4v) is 3.76. The Morgan fingerprint density at radius 1 is 1.32 bits per heavy atom. The summed E-state index contributed by atoms with van der Waals surface area (Å²) in [7, 11) is -3.43. The van der Waals surface area contributed by atoms with Crippen molar-refractivity contribution in [3.8, 4) is 0 Å². The average molecular weight is 401 g/mol. The first-order chi connectivity index (χ1) is 11.7. The van der Waals surface area contributed by atoms with Crippen molar-refractivity contribution in [2.45, 2.75) is 29.1 Å². The lowest BCUT2D eigenvalue weighted by atomic mass is 10.2. The lowest BCUT2D eigenvalue weighted by molar-refractivity contribution is 0.100. The highest BCUT2D eigenvalue weighted by Gasteiger charge is 2.21. The van der Waals surface area contributed by atoms with Crippen LogP contribution in [-0.4, -0.2) is 35.8 Å². The second-order valence-electron chi connectivity index (χ2n) is 5.34. The van der Waals surface area contributed by atoms with Crippen LogP contribution in [0.15, 0.2) is 34.3 Å². The minimum Gasteiger partial charge on any atom is -0.365 e. The number of anilines is 2. The number of halogens is 1. The molecule has 0 saturated carbocycles. The maximum Gasteiger partial charge on any atom is 0.255 e. The van der Waals surface area contributed by atoms with Gasteiger partial charge in [0.2, 0.25) is 0 Å². The van der Waals surface area contributed by atoms with Gasteiger partial charge in [0.15, 0.2) is 15.0 Å². The van der Waals surface area contributed by atoms with Crippen LogP contribution in [0.5, 0.6) is 0 Å². The molecule has 1 aromatic heterocycles. The zero-order valence-electron chi connectivity index (χ0n) is 13.8. The summed E-state index contributed by atoms with van der Waals surface area (Å²) in [4.78, 5) is 20.0. The summed E-state index contributed by atoms with van der Waals surface area (Å²) in [5, 5.41) is 2.63.